The first-order valence-electron chi connectivity index (χ1n) is 8.60. The van der Waals surface area contributed by atoms with Crippen molar-refractivity contribution in [1.29, 1.82) is 0 Å². The van der Waals surface area contributed by atoms with Gasteiger partial charge in [-0.15, -0.1) is 0 Å². The molecule has 0 saturated carbocycles. The van der Waals surface area contributed by atoms with Crippen molar-refractivity contribution in [2.24, 2.45) is 0 Å². The predicted molar refractivity (Wildman–Crippen MR) is 103 cm³/mol. The summed E-state index contributed by atoms with van der Waals surface area (Å²) in [6.07, 6.45) is 0. The molecule has 1 amide bonds. The van der Waals surface area contributed by atoms with Gasteiger partial charge in [0.15, 0.2) is 6.61 Å². The van der Waals surface area contributed by atoms with Gasteiger partial charge < -0.3 is 10.1 Å². The van der Waals surface area contributed by atoms with Crippen LogP contribution in [0.1, 0.15) is 27.3 Å². The van der Waals surface area contributed by atoms with E-state index in [4.69, 9.17) is 4.74 Å². The number of nitrogens with zero attached hydrogens (tertiary/aromatic N) is 2. The summed E-state index contributed by atoms with van der Waals surface area (Å²) < 4.78 is 6.90. The lowest BCUT2D eigenvalue weighted by Crippen LogP contribution is -2.21. The normalized spacial score (nSPS) is 10.5. The fourth-order valence-corrected chi connectivity index (χ4v) is 2.76. The highest BCUT2D eigenvalue weighted by atomic mass is 16.5. The molecule has 6 heteroatoms. The zero-order valence-electron chi connectivity index (χ0n) is 15.5. The van der Waals surface area contributed by atoms with Gasteiger partial charge in [-0.05, 0) is 68.8 Å². The second-order valence-electron chi connectivity index (χ2n) is 6.38. The molecule has 0 aliphatic carbocycles. The third-order valence-electron chi connectivity index (χ3n) is 3.99. The number of aryl methyl sites for hydroxylation is 3. The highest BCUT2D eigenvalue weighted by Crippen LogP contribution is 2.14. The van der Waals surface area contributed by atoms with Gasteiger partial charge in [-0.25, -0.2) is 9.48 Å². The molecular weight excluding hydrogens is 342 g/mol. The van der Waals surface area contributed by atoms with E-state index in [1.54, 1.807) is 35.0 Å². The van der Waals surface area contributed by atoms with Gasteiger partial charge in [0.2, 0.25) is 0 Å². The van der Waals surface area contributed by atoms with Gasteiger partial charge in [0.25, 0.3) is 5.91 Å². The number of nitrogens with one attached hydrogen (secondary N) is 1. The zero-order chi connectivity index (χ0) is 19.4. The fourth-order valence-electron chi connectivity index (χ4n) is 2.76. The number of carbonyl (C=O) groups is 2. The van der Waals surface area contributed by atoms with Gasteiger partial charge in [-0.2, -0.15) is 5.10 Å². The van der Waals surface area contributed by atoms with E-state index in [0.717, 1.165) is 22.6 Å². The second-order valence-corrected chi connectivity index (χ2v) is 6.38. The Kier molecular flexibility index (Phi) is 5.35. The molecule has 0 saturated heterocycles. The second kappa shape index (κ2) is 7.86. The first-order chi connectivity index (χ1) is 12.9. The maximum Gasteiger partial charge on any atom is 0.338 e. The largest absolute Gasteiger partial charge is 0.452 e. The van der Waals surface area contributed by atoms with Gasteiger partial charge >= 0.3 is 5.97 Å². The molecule has 2 aromatic carbocycles. The maximum atomic E-state index is 12.1. The monoisotopic (exact) mass is 363 g/mol. The lowest BCUT2D eigenvalue weighted by molar-refractivity contribution is -0.119. The Labute approximate surface area is 157 Å². The Morgan fingerprint density at radius 2 is 1.78 bits per heavy atom. The van der Waals surface area contributed by atoms with E-state index >= 15 is 0 Å². The van der Waals surface area contributed by atoms with Crippen molar-refractivity contribution in [3.63, 3.8) is 0 Å². The third-order valence-corrected chi connectivity index (χ3v) is 3.99. The Bertz CT molecular complexity index is 975. The number of hydrogen-bond donors (Lipinski definition) is 1. The minimum Gasteiger partial charge on any atom is -0.452 e. The van der Waals surface area contributed by atoms with Gasteiger partial charge in [-0.3, -0.25) is 4.79 Å². The highest BCUT2D eigenvalue weighted by molar-refractivity contribution is 5.95. The standard InChI is InChI=1S/C21H21N3O3/c1-14-5-4-6-18(11-14)22-20(25)13-27-21(26)17-7-9-19(10-8-17)24-16(3)12-15(2)23-24/h4-12H,13H2,1-3H3,(H,22,25). The molecular formula is C21H21N3O3. The molecule has 6 nitrogen and oxygen atoms in total. The van der Waals surface area contributed by atoms with E-state index in [-0.39, 0.29) is 12.5 Å². The van der Waals surface area contributed by atoms with E-state index in [9.17, 15) is 9.59 Å². The van der Waals surface area contributed by atoms with Crippen molar-refractivity contribution in [1.82, 2.24) is 9.78 Å². The zero-order valence-corrected chi connectivity index (χ0v) is 15.5. The van der Waals surface area contributed by atoms with Crippen molar-refractivity contribution < 1.29 is 14.3 Å². The third kappa shape index (κ3) is 4.61. The van der Waals surface area contributed by atoms with Crippen molar-refractivity contribution in [2.45, 2.75) is 20.8 Å². The van der Waals surface area contributed by atoms with Crippen LogP contribution >= 0.6 is 0 Å². The van der Waals surface area contributed by atoms with Gasteiger partial charge in [0.1, 0.15) is 0 Å². The van der Waals surface area contributed by atoms with Gasteiger partial charge in [-0.1, -0.05) is 12.1 Å². The van der Waals surface area contributed by atoms with Crippen LogP contribution in [0.4, 0.5) is 5.69 Å². The lowest BCUT2D eigenvalue weighted by atomic mass is 10.2. The molecule has 0 fully saturated rings. The molecule has 0 atom stereocenters. The van der Waals surface area contributed by atoms with Crippen molar-refractivity contribution in [3.8, 4) is 5.69 Å². The van der Waals surface area contributed by atoms with E-state index in [1.165, 1.54) is 0 Å². The summed E-state index contributed by atoms with van der Waals surface area (Å²) in [4.78, 5) is 24.1. The summed E-state index contributed by atoms with van der Waals surface area (Å²) >= 11 is 0. The number of esters is 1. The van der Waals surface area contributed by atoms with Crippen molar-refractivity contribution in [3.05, 3.63) is 77.1 Å². The minimum atomic E-state index is -0.547. The van der Waals surface area contributed by atoms with Crippen LogP contribution in [0.5, 0.6) is 0 Å². The summed E-state index contributed by atoms with van der Waals surface area (Å²) in [5.74, 6) is -0.928. The molecule has 0 bridgehead atoms. The Morgan fingerprint density at radius 3 is 2.41 bits per heavy atom. The molecule has 0 unspecified atom stereocenters. The van der Waals surface area contributed by atoms with Crippen LogP contribution in [0.15, 0.2) is 54.6 Å². The topological polar surface area (TPSA) is 73.2 Å². The van der Waals surface area contributed by atoms with Crippen molar-refractivity contribution >= 4 is 17.6 Å². The maximum absolute atomic E-state index is 12.1. The number of ether oxygens (including phenoxy) is 1. The molecule has 1 N–H and O–H groups in total. The fraction of sp³-hybridized carbons (Fsp3) is 0.190. The summed E-state index contributed by atoms with van der Waals surface area (Å²) in [5, 5.41) is 7.11. The molecule has 0 radical (unpaired) electrons. The Morgan fingerprint density at radius 1 is 1.04 bits per heavy atom. The number of benzene rings is 2. The van der Waals surface area contributed by atoms with Crippen LogP contribution < -0.4 is 5.32 Å². The number of aromatic nitrogens is 2. The molecule has 27 heavy (non-hydrogen) atoms. The summed E-state index contributed by atoms with van der Waals surface area (Å²) in [5.41, 5.74) is 4.88. The highest BCUT2D eigenvalue weighted by Gasteiger charge is 2.11. The van der Waals surface area contributed by atoms with E-state index in [1.807, 2.05) is 45.0 Å². The average Bonchev–Trinajstić information content (AvgIpc) is 2.98. The van der Waals surface area contributed by atoms with Crippen LogP contribution in [0, 0.1) is 20.8 Å². The number of amides is 1. The van der Waals surface area contributed by atoms with Crippen LogP contribution in [0.3, 0.4) is 0 Å². The molecule has 1 heterocycles. The Balaban J connectivity index is 1.58. The summed E-state index contributed by atoms with van der Waals surface area (Å²) in [6.45, 7) is 5.49. The lowest BCUT2D eigenvalue weighted by Gasteiger charge is -2.08. The number of carbonyl (C=O) groups excluding carboxylic acids is 2. The summed E-state index contributed by atoms with van der Waals surface area (Å²) in [7, 11) is 0. The molecule has 3 rings (SSSR count). The van der Waals surface area contributed by atoms with Crippen LogP contribution in [0.25, 0.3) is 5.69 Å². The number of anilines is 1. The molecule has 0 aliphatic rings. The smallest absolute Gasteiger partial charge is 0.338 e. The van der Waals surface area contributed by atoms with Gasteiger partial charge in [0, 0.05) is 11.4 Å². The molecule has 138 valence electrons. The SMILES string of the molecule is Cc1cccc(NC(=O)COC(=O)c2ccc(-n3nc(C)cc3C)cc2)c1. The number of rotatable bonds is 5. The Hall–Kier alpha value is -3.41. The predicted octanol–water partition coefficient (Wildman–Crippen LogP) is 3.59. The average molecular weight is 363 g/mol. The van der Waals surface area contributed by atoms with Crippen LogP contribution in [0.2, 0.25) is 0 Å². The summed E-state index contributed by atoms with van der Waals surface area (Å²) in [6, 6.07) is 16.3. The molecule has 0 spiro atoms. The van der Waals surface area contributed by atoms with E-state index in [2.05, 4.69) is 10.4 Å². The molecule has 1 aromatic heterocycles. The number of hydrogen-bond acceptors (Lipinski definition) is 4. The van der Waals surface area contributed by atoms with Crippen LogP contribution in [-0.4, -0.2) is 28.3 Å². The van der Waals surface area contributed by atoms with E-state index < -0.39 is 5.97 Å². The van der Waals surface area contributed by atoms with Gasteiger partial charge in [0.05, 0.1) is 16.9 Å². The molecule has 0 aliphatic heterocycles. The first kappa shape index (κ1) is 18.4. The van der Waals surface area contributed by atoms with Crippen LogP contribution in [-0.2, 0) is 9.53 Å². The minimum absolute atomic E-state index is 0.341. The molecule has 3 aromatic rings. The van der Waals surface area contributed by atoms with Crippen molar-refractivity contribution in [2.75, 3.05) is 11.9 Å². The van der Waals surface area contributed by atoms with E-state index in [0.29, 0.717) is 11.3 Å². The quantitative estimate of drug-likeness (QED) is 0.703. The first-order valence-corrected chi connectivity index (χ1v) is 8.60.